The Morgan fingerprint density at radius 2 is 2.08 bits per heavy atom. The fraction of sp³-hybridized carbons (Fsp3) is 0.444. The molecule has 1 aromatic carbocycles. The molecule has 3 rings (SSSR count). The van der Waals surface area contributed by atoms with E-state index in [1.807, 2.05) is 0 Å². The van der Waals surface area contributed by atoms with Gasteiger partial charge >= 0.3 is 6.03 Å². The molecular weight excluding hydrogens is 328 g/mol. The maximum atomic E-state index is 14.0. The Morgan fingerprint density at radius 1 is 1.32 bits per heavy atom. The van der Waals surface area contributed by atoms with Crippen LogP contribution in [0.25, 0.3) is 0 Å². The third-order valence-electron chi connectivity index (χ3n) is 4.47. The van der Waals surface area contributed by atoms with Gasteiger partial charge in [0.25, 0.3) is 0 Å². The normalized spacial score (nSPS) is 14.7. The molecule has 0 spiro atoms. The summed E-state index contributed by atoms with van der Waals surface area (Å²) in [4.78, 5) is 14.2. The van der Waals surface area contributed by atoms with Gasteiger partial charge in [0.15, 0.2) is 0 Å². The first-order valence-corrected chi connectivity index (χ1v) is 8.43. The van der Waals surface area contributed by atoms with Crippen LogP contribution in [-0.4, -0.2) is 22.1 Å². The van der Waals surface area contributed by atoms with Crippen LogP contribution in [0.15, 0.2) is 28.8 Å². The molecule has 5 nitrogen and oxygen atoms in total. The second-order valence-electron chi connectivity index (χ2n) is 6.39. The van der Waals surface area contributed by atoms with Crippen molar-refractivity contribution < 1.29 is 18.1 Å². The Morgan fingerprint density at radius 3 is 2.76 bits per heavy atom. The number of aryl methyl sites for hydroxylation is 1. The van der Waals surface area contributed by atoms with Crippen LogP contribution in [-0.2, 0) is 13.1 Å². The summed E-state index contributed by atoms with van der Waals surface area (Å²) in [5.41, 5.74) is 0.800. The monoisotopic (exact) mass is 349 g/mol. The van der Waals surface area contributed by atoms with Gasteiger partial charge in [0.05, 0.1) is 13.1 Å². The van der Waals surface area contributed by atoms with Gasteiger partial charge in [0.1, 0.15) is 23.1 Å². The number of rotatable bonds is 5. The van der Waals surface area contributed by atoms with Gasteiger partial charge in [-0.05, 0) is 38.0 Å². The van der Waals surface area contributed by atoms with Crippen LogP contribution in [0.4, 0.5) is 13.6 Å². The molecule has 1 fully saturated rings. The fourth-order valence-electron chi connectivity index (χ4n) is 3.20. The Labute approximate surface area is 145 Å². The number of halogens is 2. The third-order valence-corrected chi connectivity index (χ3v) is 4.47. The van der Waals surface area contributed by atoms with Crippen LogP contribution in [0.2, 0.25) is 0 Å². The Bertz CT molecular complexity index is 742. The summed E-state index contributed by atoms with van der Waals surface area (Å²) in [6.45, 7) is 2.04. The van der Waals surface area contributed by atoms with Crippen molar-refractivity contribution in [3.63, 3.8) is 0 Å². The largest absolute Gasteiger partial charge is 0.361 e. The van der Waals surface area contributed by atoms with E-state index < -0.39 is 11.6 Å². The van der Waals surface area contributed by atoms with Crippen molar-refractivity contribution in [1.29, 1.82) is 0 Å². The van der Waals surface area contributed by atoms with E-state index in [0.717, 1.165) is 43.9 Å². The Hall–Kier alpha value is -2.44. The number of carbonyl (C=O) groups excluding carboxylic acids is 1. The SMILES string of the molecule is Cc1cc(CNC(=O)N(Cc2cc(F)ccc2F)C2CCCC2)no1. The number of urea groups is 1. The summed E-state index contributed by atoms with van der Waals surface area (Å²) in [5.74, 6) is -0.357. The smallest absolute Gasteiger partial charge is 0.318 e. The second-order valence-corrected chi connectivity index (χ2v) is 6.39. The molecule has 0 bridgehead atoms. The van der Waals surface area contributed by atoms with Crippen molar-refractivity contribution in [1.82, 2.24) is 15.4 Å². The van der Waals surface area contributed by atoms with Crippen LogP contribution in [0.1, 0.15) is 42.7 Å². The van der Waals surface area contributed by atoms with Crippen LogP contribution < -0.4 is 5.32 Å². The molecule has 2 amide bonds. The summed E-state index contributed by atoms with van der Waals surface area (Å²) in [6, 6.07) is 4.77. The molecule has 1 N–H and O–H groups in total. The molecule has 1 aliphatic rings. The van der Waals surface area contributed by atoms with Gasteiger partial charge in [0.2, 0.25) is 0 Å². The zero-order valence-electron chi connectivity index (χ0n) is 14.1. The number of hydrogen-bond acceptors (Lipinski definition) is 3. The number of carbonyl (C=O) groups is 1. The summed E-state index contributed by atoms with van der Waals surface area (Å²) in [5, 5.41) is 6.63. The molecule has 0 radical (unpaired) electrons. The van der Waals surface area contributed by atoms with Crippen LogP contribution in [0.5, 0.6) is 0 Å². The van der Waals surface area contributed by atoms with Gasteiger partial charge in [0, 0.05) is 17.7 Å². The van der Waals surface area contributed by atoms with E-state index in [-0.39, 0.29) is 30.7 Å². The van der Waals surface area contributed by atoms with Crippen molar-refractivity contribution >= 4 is 6.03 Å². The topological polar surface area (TPSA) is 58.4 Å². The second kappa shape index (κ2) is 7.63. The lowest BCUT2D eigenvalue weighted by molar-refractivity contribution is 0.169. The fourth-order valence-corrected chi connectivity index (χ4v) is 3.20. The van der Waals surface area contributed by atoms with E-state index in [2.05, 4.69) is 10.5 Å². The van der Waals surface area contributed by atoms with Gasteiger partial charge in [-0.3, -0.25) is 0 Å². The van der Waals surface area contributed by atoms with Crippen LogP contribution in [0.3, 0.4) is 0 Å². The lowest BCUT2D eigenvalue weighted by Crippen LogP contribution is -2.44. The molecule has 0 saturated heterocycles. The van der Waals surface area contributed by atoms with E-state index in [9.17, 15) is 13.6 Å². The highest BCUT2D eigenvalue weighted by Gasteiger charge is 2.27. The molecule has 7 heteroatoms. The van der Waals surface area contributed by atoms with Gasteiger partial charge in [-0.2, -0.15) is 0 Å². The number of nitrogens with one attached hydrogen (secondary N) is 1. The van der Waals surface area contributed by atoms with E-state index in [1.165, 1.54) is 0 Å². The number of benzene rings is 1. The average molecular weight is 349 g/mol. The van der Waals surface area contributed by atoms with E-state index in [4.69, 9.17) is 4.52 Å². The van der Waals surface area contributed by atoms with E-state index >= 15 is 0 Å². The minimum Gasteiger partial charge on any atom is -0.361 e. The number of aromatic nitrogens is 1. The molecule has 0 aliphatic heterocycles. The molecular formula is C18H21F2N3O2. The van der Waals surface area contributed by atoms with Crippen molar-refractivity contribution in [2.75, 3.05) is 0 Å². The highest BCUT2D eigenvalue weighted by Crippen LogP contribution is 2.26. The van der Waals surface area contributed by atoms with Crippen LogP contribution >= 0.6 is 0 Å². The van der Waals surface area contributed by atoms with Gasteiger partial charge < -0.3 is 14.7 Å². The van der Waals surface area contributed by atoms with Gasteiger partial charge in [-0.25, -0.2) is 13.6 Å². The molecule has 1 aliphatic carbocycles. The third kappa shape index (κ3) is 4.35. The highest BCUT2D eigenvalue weighted by molar-refractivity contribution is 5.74. The predicted octanol–water partition coefficient (Wildman–Crippen LogP) is 3.92. The van der Waals surface area contributed by atoms with E-state index in [1.54, 1.807) is 17.9 Å². The average Bonchev–Trinajstić information content (AvgIpc) is 3.25. The minimum absolute atomic E-state index is 0.0294. The highest BCUT2D eigenvalue weighted by atomic mass is 19.1. The molecule has 0 unspecified atom stereocenters. The Kier molecular flexibility index (Phi) is 5.31. The Balaban J connectivity index is 1.72. The van der Waals surface area contributed by atoms with Crippen molar-refractivity contribution in [2.24, 2.45) is 0 Å². The number of nitrogens with zero attached hydrogens (tertiary/aromatic N) is 2. The van der Waals surface area contributed by atoms with Crippen LogP contribution in [0, 0.1) is 18.6 Å². The molecule has 0 atom stereocenters. The molecule has 25 heavy (non-hydrogen) atoms. The van der Waals surface area contributed by atoms with Gasteiger partial charge in [-0.15, -0.1) is 0 Å². The quantitative estimate of drug-likeness (QED) is 0.890. The van der Waals surface area contributed by atoms with Gasteiger partial charge in [-0.1, -0.05) is 18.0 Å². The summed E-state index contributed by atoms with van der Waals surface area (Å²) >= 11 is 0. The molecule has 2 aromatic rings. The molecule has 134 valence electrons. The predicted molar refractivity (Wildman–Crippen MR) is 87.6 cm³/mol. The summed E-state index contributed by atoms with van der Waals surface area (Å²) < 4.78 is 32.4. The molecule has 1 heterocycles. The first kappa shape index (κ1) is 17.4. The molecule has 1 aromatic heterocycles. The maximum absolute atomic E-state index is 14.0. The molecule has 1 saturated carbocycles. The van der Waals surface area contributed by atoms with Crippen molar-refractivity contribution in [3.05, 3.63) is 52.9 Å². The van der Waals surface area contributed by atoms with Crippen molar-refractivity contribution in [3.8, 4) is 0 Å². The van der Waals surface area contributed by atoms with Crippen molar-refractivity contribution in [2.45, 2.75) is 51.7 Å². The van der Waals surface area contributed by atoms with E-state index in [0.29, 0.717) is 11.5 Å². The zero-order valence-corrected chi connectivity index (χ0v) is 14.1. The number of amides is 2. The lowest BCUT2D eigenvalue weighted by Gasteiger charge is -2.29. The maximum Gasteiger partial charge on any atom is 0.318 e. The lowest BCUT2D eigenvalue weighted by atomic mass is 10.1. The standard InChI is InChI=1S/C18H21F2N3O2/c1-12-8-15(22-25-12)10-21-18(24)23(16-4-2-3-5-16)11-13-9-14(19)6-7-17(13)20/h6-9,16H,2-5,10-11H2,1H3,(H,21,24). The summed E-state index contributed by atoms with van der Waals surface area (Å²) in [6.07, 6.45) is 3.80. The first-order chi connectivity index (χ1) is 12.0. The zero-order chi connectivity index (χ0) is 17.8. The minimum atomic E-state index is -0.513. The number of hydrogen-bond donors (Lipinski definition) is 1. The first-order valence-electron chi connectivity index (χ1n) is 8.43. The summed E-state index contributed by atoms with van der Waals surface area (Å²) in [7, 11) is 0.